The molecule has 3 aromatic rings. The molecule has 24 heavy (non-hydrogen) atoms. The molecular formula is C17H18N6O. The lowest BCUT2D eigenvalue weighted by Gasteiger charge is -2.09. The normalized spacial score (nSPS) is 10.8. The van der Waals surface area contributed by atoms with Gasteiger partial charge in [-0.1, -0.05) is 26.0 Å². The number of rotatable bonds is 4. The summed E-state index contributed by atoms with van der Waals surface area (Å²) in [7, 11) is 0. The molecule has 7 nitrogen and oxygen atoms in total. The van der Waals surface area contributed by atoms with E-state index in [0.29, 0.717) is 17.2 Å². The highest BCUT2D eigenvalue weighted by Crippen LogP contribution is 2.16. The number of pyridine rings is 1. The number of hydrogen-bond donors (Lipinski definition) is 1. The number of anilines is 1. The Morgan fingerprint density at radius 1 is 1.17 bits per heavy atom. The van der Waals surface area contributed by atoms with Crippen LogP contribution in [-0.2, 0) is 0 Å². The van der Waals surface area contributed by atoms with Gasteiger partial charge in [-0.3, -0.25) is 4.79 Å². The standard InChI is InChI=1S/C17H18N6O/c1-11(2)15-8-5-9-16(19-15)17(24)18-13-6-4-7-14(10-13)23-12(3)20-21-22-23/h4-11H,1-3H3,(H,18,24). The van der Waals surface area contributed by atoms with Crippen molar-refractivity contribution in [2.45, 2.75) is 26.7 Å². The monoisotopic (exact) mass is 322 g/mol. The van der Waals surface area contributed by atoms with Crippen molar-refractivity contribution in [3.63, 3.8) is 0 Å². The predicted molar refractivity (Wildman–Crippen MR) is 90.2 cm³/mol. The summed E-state index contributed by atoms with van der Waals surface area (Å²) in [5, 5.41) is 14.3. The summed E-state index contributed by atoms with van der Waals surface area (Å²) in [5.74, 6) is 0.691. The first-order valence-corrected chi connectivity index (χ1v) is 7.68. The Labute approximate surface area is 139 Å². The zero-order valence-electron chi connectivity index (χ0n) is 13.8. The molecule has 0 atom stereocenters. The number of carbonyl (C=O) groups excluding carboxylic acids is 1. The third-order valence-corrected chi connectivity index (χ3v) is 3.57. The topological polar surface area (TPSA) is 85.6 Å². The van der Waals surface area contributed by atoms with Crippen LogP contribution in [0.1, 0.15) is 41.8 Å². The van der Waals surface area contributed by atoms with Crippen LogP contribution in [0, 0.1) is 6.92 Å². The molecule has 0 aliphatic rings. The van der Waals surface area contributed by atoms with Gasteiger partial charge in [0.1, 0.15) is 5.69 Å². The van der Waals surface area contributed by atoms with Crippen LogP contribution in [0.5, 0.6) is 0 Å². The lowest BCUT2D eigenvalue weighted by atomic mass is 10.1. The minimum Gasteiger partial charge on any atom is -0.321 e. The maximum atomic E-state index is 12.4. The van der Waals surface area contributed by atoms with Gasteiger partial charge < -0.3 is 5.32 Å². The van der Waals surface area contributed by atoms with Crippen LogP contribution < -0.4 is 5.32 Å². The molecule has 7 heteroatoms. The van der Waals surface area contributed by atoms with Crippen molar-refractivity contribution < 1.29 is 4.79 Å². The highest BCUT2D eigenvalue weighted by atomic mass is 16.1. The fourth-order valence-electron chi connectivity index (χ4n) is 2.28. The molecule has 0 aliphatic heterocycles. The van der Waals surface area contributed by atoms with Crippen molar-refractivity contribution in [3.8, 4) is 5.69 Å². The van der Waals surface area contributed by atoms with Crippen LogP contribution in [0.3, 0.4) is 0 Å². The summed E-state index contributed by atoms with van der Waals surface area (Å²) in [6, 6.07) is 12.8. The molecule has 0 saturated heterocycles. The van der Waals surface area contributed by atoms with Crippen LogP contribution >= 0.6 is 0 Å². The van der Waals surface area contributed by atoms with Gasteiger partial charge >= 0.3 is 0 Å². The molecule has 0 aliphatic carbocycles. The van der Waals surface area contributed by atoms with Gasteiger partial charge in [0.15, 0.2) is 5.82 Å². The number of tetrazole rings is 1. The summed E-state index contributed by atoms with van der Waals surface area (Å²) in [6.45, 7) is 5.90. The van der Waals surface area contributed by atoms with Gasteiger partial charge in [-0.15, -0.1) is 5.10 Å². The minimum absolute atomic E-state index is 0.247. The van der Waals surface area contributed by atoms with E-state index in [1.165, 1.54) is 0 Å². The van der Waals surface area contributed by atoms with Crippen LogP contribution in [0.4, 0.5) is 5.69 Å². The number of carbonyl (C=O) groups is 1. The molecule has 0 radical (unpaired) electrons. The Morgan fingerprint density at radius 2 is 1.96 bits per heavy atom. The molecule has 3 rings (SSSR count). The average Bonchev–Trinajstić information content (AvgIpc) is 3.01. The number of nitrogens with one attached hydrogen (secondary N) is 1. The van der Waals surface area contributed by atoms with Gasteiger partial charge in [-0.2, -0.15) is 4.68 Å². The van der Waals surface area contributed by atoms with Gasteiger partial charge in [0.05, 0.1) is 5.69 Å². The first kappa shape index (κ1) is 15.8. The quantitative estimate of drug-likeness (QED) is 0.798. The Kier molecular flexibility index (Phi) is 4.33. The number of aryl methyl sites for hydroxylation is 1. The van der Waals surface area contributed by atoms with E-state index >= 15 is 0 Å². The molecule has 122 valence electrons. The van der Waals surface area contributed by atoms with Crippen molar-refractivity contribution in [3.05, 3.63) is 59.7 Å². The molecule has 0 fully saturated rings. The summed E-state index contributed by atoms with van der Waals surface area (Å²) >= 11 is 0. The van der Waals surface area contributed by atoms with Crippen molar-refractivity contribution >= 4 is 11.6 Å². The summed E-state index contributed by atoms with van der Waals surface area (Å²) in [5.41, 5.74) is 2.72. The summed E-state index contributed by atoms with van der Waals surface area (Å²) in [6.07, 6.45) is 0. The van der Waals surface area contributed by atoms with E-state index in [9.17, 15) is 4.79 Å². The molecular weight excluding hydrogens is 304 g/mol. The zero-order chi connectivity index (χ0) is 17.1. The fraction of sp³-hybridized carbons (Fsp3) is 0.235. The molecule has 1 aromatic carbocycles. The van der Waals surface area contributed by atoms with Gasteiger partial charge in [0.2, 0.25) is 0 Å². The largest absolute Gasteiger partial charge is 0.321 e. The third kappa shape index (κ3) is 3.29. The maximum absolute atomic E-state index is 12.4. The smallest absolute Gasteiger partial charge is 0.274 e. The molecule has 0 saturated carbocycles. The van der Waals surface area contributed by atoms with Crippen molar-refractivity contribution in [1.82, 2.24) is 25.2 Å². The number of hydrogen-bond acceptors (Lipinski definition) is 5. The average molecular weight is 322 g/mol. The van der Waals surface area contributed by atoms with E-state index in [1.807, 2.05) is 57.2 Å². The highest BCUT2D eigenvalue weighted by Gasteiger charge is 2.11. The third-order valence-electron chi connectivity index (χ3n) is 3.57. The lowest BCUT2D eigenvalue weighted by Crippen LogP contribution is -2.15. The fourth-order valence-corrected chi connectivity index (χ4v) is 2.28. The Hall–Kier alpha value is -3.09. The first-order valence-electron chi connectivity index (χ1n) is 7.68. The van der Waals surface area contributed by atoms with Crippen LogP contribution in [0.2, 0.25) is 0 Å². The second-order valence-electron chi connectivity index (χ2n) is 5.74. The van der Waals surface area contributed by atoms with E-state index in [4.69, 9.17) is 0 Å². The van der Waals surface area contributed by atoms with Gasteiger partial charge in [0, 0.05) is 11.4 Å². The first-order chi connectivity index (χ1) is 11.5. The van der Waals surface area contributed by atoms with Gasteiger partial charge in [-0.25, -0.2) is 4.98 Å². The molecule has 0 spiro atoms. The maximum Gasteiger partial charge on any atom is 0.274 e. The number of benzene rings is 1. The van der Waals surface area contributed by atoms with Crippen molar-refractivity contribution in [2.75, 3.05) is 5.32 Å². The molecule has 2 aromatic heterocycles. The van der Waals surface area contributed by atoms with Crippen LogP contribution in [0.15, 0.2) is 42.5 Å². The van der Waals surface area contributed by atoms with Crippen molar-refractivity contribution in [1.29, 1.82) is 0 Å². The second kappa shape index (κ2) is 6.57. The predicted octanol–water partition coefficient (Wildman–Crippen LogP) is 2.74. The summed E-state index contributed by atoms with van der Waals surface area (Å²) in [4.78, 5) is 16.8. The van der Waals surface area contributed by atoms with Crippen LogP contribution in [0.25, 0.3) is 5.69 Å². The van der Waals surface area contributed by atoms with Gasteiger partial charge in [0.25, 0.3) is 5.91 Å². The zero-order valence-corrected chi connectivity index (χ0v) is 13.8. The highest BCUT2D eigenvalue weighted by molar-refractivity contribution is 6.03. The SMILES string of the molecule is Cc1nnnn1-c1cccc(NC(=O)c2cccc(C(C)C)n2)c1. The van der Waals surface area contributed by atoms with E-state index in [2.05, 4.69) is 25.8 Å². The molecule has 0 unspecified atom stereocenters. The second-order valence-corrected chi connectivity index (χ2v) is 5.74. The Bertz CT molecular complexity index is 871. The van der Waals surface area contributed by atoms with Gasteiger partial charge in [-0.05, 0) is 53.6 Å². The van der Waals surface area contributed by atoms with Crippen LogP contribution in [-0.4, -0.2) is 31.1 Å². The van der Waals surface area contributed by atoms with E-state index in [1.54, 1.807) is 10.7 Å². The van der Waals surface area contributed by atoms with E-state index < -0.39 is 0 Å². The minimum atomic E-state index is -0.247. The molecule has 2 heterocycles. The lowest BCUT2D eigenvalue weighted by molar-refractivity contribution is 0.102. The molecule has 0 bridgehead atoms. The van der Waals surface area contributed by atoms with E-state index in [-0.39, 0.29) is 11.8 Å². The Morgan fingerprint density at radius 3 is 2.67 bits per heavy atom. The van der Waals surface area contributed by atoms with Crippen molar-refractivity contribution in [2.24, 2.45) is 0 Å². The molecule has 1 amide bonds. The number of aromatic nitrogens is 5. The van der Waals surface area contributed by atoms with E-state index in [0.717, 1.165) is 11.4 Å². The number of nitrogens with zero attached hydrogens (tertiary/aromatic N) is 5. The molecule has 1 N–H and O–H groups in total. The number of amides is 1. The summed E-state index contributed by atoms with van der Waals surface area (Å²) < 4.78 is 1.60. The Balaban J connectivity index is 1.82.